The second-order valence-electron chi connectivity index (χ2n) is 3.87. The normalized spacial score (nSPS) is 10.1. The fourth-order valence-corrected chi connectivity index (χ4v) is 1.90. The van der Waals surface area contributed by atoms with E-state index in [0.29, 0.717) is 17.3 Å². The Balaban J connectivity index is 2.04. The molecule has 0 radical (unpaired) electrons. The molecule has 94 valence electrons. The van der Waals surface area contributed by atoms with Crippen LogP contribution in [0.2, 0.25) is 5.02 Å². The van der Waals surface area contributed by atoms with Crippen LogP contribution in [0.1, 0.15) is 5.56 Å². The third-order valence-corrected chi connectivity index (χ3v) is 2.85. The van der Waals surface area contributed by atoms with Gasteiger partial charge in [0.2, 0.25) is 0 Å². The highest BCUT2D eigenvalue weighted by molar-refractivity contribution is 6.32. The van der Waals surface area contributed by atoms with Crippen LogP contribution in [0, 0.1) is 0 Å². The summed E-state index contributed by atoms with van der Waals surface area (Å²) in [5.74, 6) is 0.918. The monoisotopic (exact) mass is 263 g/mol. The predicted molar refractivity (Wildman–Crippen MR) is 73.4 cm³/mol. The van der Waals surface area contributed by atoms with Crippen LogP contribution in [0.15, 0.2) is 42.5 Å². The van der Waals surface area contributed by atoms with Gasteiger partial charge in [-0.1, -0.05) is 23.7 Å². The molecule has 0 spiro atoms. The Bertz CT molecular complexity index is 543. The van der Waals surface area contributed by atoms with Crippen molar-refractivity contribution in [3.8, 4) is 11.5 Å². The third-order valence-electron chi connectivity index (χ3n) is 2.56. The number of nitrogens with one attached hydrogen (secondary N) is 1. The quantitative estimate of drug-likeness (QED) is 0.884. The second kappa shape index (κ2) is 5.65. The molecule has 3 nitrogen and oxygen atoms in total. The van der Waals surface area contributed by atoms with Crippen LogP contribution in [0.5, 0.6) is 11.5 Å². The molecule has 0 saturated carbocycles. The van der Waals surface area contributed by atoms with Gasteiger partial charge in [-0.3, -0.25) is 0 Å². The maximum atomic E-state index is 9.36. The first-order valence-corrected chi connectivity index (χ1v) is 5.92. The first-order valence-electron chi connectivity index (χ1n) is 5.54. The molecule has 0 saturated heterocycles. The standard InChI is InChI=1S/C14H14ClNO2/c1-18-14-6-5-11(8-13(14)15)16-9-10-3-2-4-12(17)7-10/h2-8,16-17H,9H2,1H3. The van der Waals surface area contributed by atoms with Crippen LogP contribution in [0.4, 0.5) is 5.69 Å². The van der Waals surface area contributed by atoms with Crippen LogP contribution < -0.4 is 10.1 Å². The molecular formula is C14H14ClNO2. The van der Waals surface area contributed by atoms with E-state index in [9.17, 15) is 5.11 Å². The van der Waals surface area contributed by atoms with Gasteiger partial charge < -0.3 is 15.2 Å². The molecule has 0 aliphatic carbocycles. The van der Waals surface area contributed by atoms with Gasteiger partial charge in [0, 0.05) is 12.2 Å². The second-order valence-corrected chi connectivity index (χ2v) is 4.28. The van der Waals surface area contributed by atoms with Crippen molar-refractivity contribution >= 4 is 17.3 Å². The molecule has 0 aliphatic rings. The minimum Gasteiger partial charge on any atom is -0.508 e. The smallest absolute Gasteiger partial charge is 0.137 e. The van der Waals surface area contributed by atoms with E-state index in [2.05, 4.69) is 5.32 Å². The summed E-state index contributed by atoms with van der Waals surface area (Å²) < 4.78 is 5.09. The molecule has 2 rings (SSSR count). The molecule has 18 heavy (non-hydrogen) atoms. The number of phenolic OH excluding ortho intramolecular Hbond substituents is 1. The average Bonchev–Trinajstić information content (AvgIpc) is 2.37. The highest BCUT2D eigenvalue weighted by Crippen LogP contribution is 2.27. The summed E-state index contributed by atoms with van der Waals surface area (Å²) in [5.41, 5.74) is 1.91. The highest BCUT2D eigenvalue weighted by atomic mass is 35.5. The summed E-state index contributed by atoms with van der Waals surface area (Å²) >= 11 is 6.03. The molecule has 2 N–H and O–H groups in total. The Hall–Kier alpha value is -1.87. The maximum Gasteiger partial charge on any atom is 0.137 e. The lowest BCUT2D eigenvalue weighted by Crippen LogP contribution is -1.99. The molecule has 0 aromatic heterocycles. The molecule has 4 heteroatoms. The Labute approximate surface area is 111 Å². The third kappa shape index (κ3) is 3.08. The van der Waals surface area contributed by atoms with Gasteiger partial charge in [-0.2, -0.15) is 0 Å². The van der Waals surface area contributed by atoms with Gasteiger partial charge in [-0.05, 0) is 35.9 Å². The molecule has 0 heterocycles. The van der Waals surface area contributed by atoms with E-state index in [0.717, 1.165) is 11.3 Å². The lowest BCUT2D eigenvalue weighted by atomic mass is 10.2. The van der Waals surface area contributed by atoms with Crippen molar-refractivity contribution in [1.82, 2.24) is 0 Å². The molecule has 0 bridgehead atoms. The number of phenols is 1. The number of halogens is 1. The van der Waals surface area contributed by atoms with Crippen molar-refractivity contribution in [2.45, 2.75) is 6.54 Å². The molecule has 0 aliphatic heterocycles. The summed E-state index contributed by atoms with van der Waals surface area (Å²) in [6, 6.07) is 12.6. The summed E-state index contributed by atoms with van der Waals surface area (Å²) in [7, 11) is 1.58. The zero-order chi connectivity index (χ0) is 13.0. The fraction of sp³-hybridized carbons (Fsp3) is 0.143. The summed E-state index contributed by atoms with van der Waals surface area (Å²) in [5, 5.41) is 13.2. The minimum absolute atomic E-state index is 0.266. The average molecular weight is 264 g/mol. The topological polar surface area (TPSA) is 41.5 Å². The number of methoxy groups -OCH3 is 1. The van der Waals surface area contributed by atoms with E-state index >= 15 is 0 Å². The van der Waals surface area contributed by atoms with E-state index in [1.54, 1.807) is 19.2 Å². The van der Waals surface area contributed by atoms with Gasteiger partial charge in [-0.15, -0.1) is 0 Å². The van der Waals surface area contributed by atoms with Gasteiger partial charge >= 0.3 is 0 Å². The lowest BCUT2D eigenvalue weighted by molar-refractivity contribution is 0.415. The van der Waals surface area contributed by atoms with Crippen molar-refractivity contribution in [1.29, 1.82) is 0 Å². The van der Waals surface area contributed by atoms with Gasteiger partial charge in [0.15, 0.2) is 0 Å². The summed E-state index contributed by atoms with van der Waals surface area (Å²) in [6.07, 6.45) is 0. The van der Waals surface area contributed by atoms with Crippen molar-refractivity contribution in [3.63, 3.8) is 0 Å². The van der Waals surface area contributed by atoms with Crippen LogP contribution in [0.25, 0.3) is 0 Å². The van der Waals surface area contributed by atoms with Crippen molar-refractivity contribution < 1.29 is 9.84 Å². The zero-order valence-corrected chi connectivity index (χ0v) is 10.7. The van der Waals surface area contributed by atoms with Gasteiger partial charge in [-0.25, -0.2) is 0 Å². The van der Waals surface area contributed by atoms with E-state index in [1.165, 1.54) is 0 Å². The number of ether oxygens (including phenoxy) is 1. The Kier molecular flexibility index (Phi) is 3.95. The summed E-state index contributed by atoms with van der Waals surface area (Å²) in [4.78, 5) is 0. The van der Waals surface area contributed by atoms with E-state index in [4.69, 9.17) is 16.3 Å². The van der Waals surface area contributed by atoms with Crippen LogP contribution in [0.3, 0.4) is 0 Å². The molecule has 0 unspecified atom stereocenters. The minimum atomic E-state index is 0.266. The summed E-state index contributed by atoms with van der Waals surface area (Å²) in [6.45, 7) is 0.622. The van der Waals surface area contributed by atoms with Gasteiger partial charge in [0.25, 0.3) is 0 Å². The number of rotatable bonds is 4. The molecule has 0 atom stereocenters. The zero-order valence-electron chi connectivity index (χ0n) is 9.98. The van der Waals surface area contributed by atoms with Crippen LogP contribution in [-0.2, 0) is 6.54 Å². The number of benzene rings is 2. The number of anilines is 1. The Morgan fingerprint density at radius 3 is 2.72 bits per heavy atom. The number of aromatic hydroxyl groups is 1. The number of hydrogen-bond acceptors (Lipinski definition) is 3. The Morgan fingerprint density at radius 2 is 2.06 bits per heavy atom. The van der Waals surface area contributed by atoms with Crippen LogP contribution in [-0.4, -0.2) is 12.2 Å². The Morgan fingerprint density at radius 1 is 1.22 bits per heavy atom. The first kappa shape index (κ1) is 12.6. The first-order chi connectivity index (χ1) is 8.69. The molecule has 0 amide bonds. The molecule has 2 aromatic carbocycles. The van der Waals surface area contributed by atoms with Crippen molar-refractivity contribution in [2.75, 3.05) is 12.4 Å². The van der Waals surface area contributed by atoms with Crippen molar-refractivity contribution in [2.24, 2.45) is 0 Å². The van der Waals surface area contributed by atoms with Gasteiger partial charge in [0.05, 0.1) is 12.1 Å². The lowest BCUT2D eigenvalue weighted by Gasteiger charge is -2.09. The fourth-order valence-electron chi connectivity index (χ4n) is 1.65. The molecule has 0 fully saturated rings. The molecule has 2 aromatic rings. The SMILES string of the molecule is COc1ccc(NCc2cccc(O)c2)cc1Cl. The van der Waals surface area contributed by atoms with E-state index < -0.39 is 0 Å². The predicted octanol–water partition coefficient (Wildman–Crippen LogP) is 3.67. The van der Waals surface area contributed by atoms with E-state index in [1.807, 2.05) is 30.3 Å². The maximum absolute atomic E-state index is 9.36. The van der Waals surface area contributed by atoms with Crippen LogP contribution >= 0.6 is 11.6 Å². The highest BCUT2D eigenvalue weighted by Gasteiger charge is 2.01. The van der Waals surface area contributed by atoms with Crippen molar-refractivity contribution in [3.05, 3.63) is 53.1 Å². The largest absolute Gasteiger partial charge is 0.508 e. The van der Waals surface area contributed by atoms with E-state index in [-0.39, 0.29) is 5.75 Å². The number of hydrogen-bond donors (Lipinski definition) is 2. The molecular weight excluding hydrogens is 250 g/mol. The van der Waals surface area contributed by atoms with Gasteiger partial charge in [0.1, 0.15) is 11.5 Å².